The van der Waals surface area contributed by atoms with Crippen LogP contribution >= 0.6 is 0 Å². The molecule has 9 nitrogen and oxygen atoms in total. The van der Waals surface area contributed by atoms with Gasteiger partial charge in [-0.2, -0.15) is 9.61 Å². The van der Waals surface area contributed by atoms with E-state index in [0.29, 0.717) is 42.0 Å². The molecule has 2 aromatic heterocycles. The molecule has 9 heteroatoms. The average Bonchev–Trinajstić information content (AvgIpc) is 3.54. The lowest BCUT2D eigenvalue weighted by molar-refractivity contribution is 0.153. The van der Waals surface area contributed by atoms with Gasteiger partial charge in [-0.05, 0) is 49.8 Å². The summed E-state index contributed by atoms with van der Waals surface area (Å²) < 4.78 is 25.1. The number of rotatable bonds is 13. The largest absolute Gasteiger partial charge is 0.496 e. The number of hydrogen-bond acceptors (Lipinski definition) is 8. The zero-order valence-corrected chi connectivity index (χ0v) is 21.3. The summed E-state index contributed by atoms with van der Waals surface area (Å²) in [6, 6.07) is 3.88. The molecule has 2 heterocycles. The maximum absolute atomic E-state index is 9.77. The molecule has 0 radical (unpaired) electrons. The standard InChI is InChI=1S/C26H37N3O6/c1-6-20-25(28(11-17-7-8-17)12-19(13-30)14-31)26-29(27-20)24(16(2)35-26)23-21(33-4)9-18(15-32-3)10-22(23)34-5/h9-10,17,19,30-31H,6-8,11-15H2,1-5H3. The molecule has 1 aliphatic carbocycles. The van der Waals surface area contributed by atoms with Crippen LogP contribution in [0.3, 0.4) is 0 Å². The normalized spacial score (nSPS) is 13.7. The zero-order chi connectivity index (χ0) is 25.1. The number of methoxy groups -OCH3 is 3. The predicted molar refractivity (Wildman–Crippen MR) is 133 cm³/mol. The van der Waals surface area contributed by atoms with Crippen LogP contribution in [-0.2, 0) is 17.8 Å². The van der Waals surface area contributed by atoms with Crippen molar-refractivity contribution < 1.29 is 28.8 Å². The summed E-state index contributed by atoms with van der Waals surface area (Å²) in [6.45, 7) is 5.65. The van der Waals surface area contributed by atoms with Crippen LogP contribution in [0.4, 0.5) is 5.69 Å². The smallest absolute Gasteiger partial charge is 0.246 e. The van der Waals surface area contributed by atoms with E-state index in [1.54, 1.807) is 21.3 Å². The molecule has 0 bridgehead atoms. The Bertz CT molecular complexity index is 1120. The van der Waals surface area contributed by atoms with Gasteiger partial charge in [0.2, 0.25) is 5.71 Å². The quantitative estimate of drug-likeness (QED) is 0.378. The Morgan fingerprint density at radius 3 is 2.31 bits per heavy atom. The number of aliphatic hydroxyl groups is 2. The molecule has 1 saturated carbocycles. The SMILES string of the molecule is CCc1nn2c(-c3c(OC)cc(COC)cc3OC)c(C)oc2c1N(CC(CO)CO)CC1CC1. The molecule has 0 saturated heterocycles. The van der Waals surface area contributed by atoms with Crippen molar-refractivity contribution in [1.29, 1.82) is 0 Å². The number of nitrogens with zero attached hydrogens (tertiary/aromatic N) is 3. The Labute approximate surface area is 206 Å². The van der Waals surface area contributed by atoms with E-state index in [9.17, 15) is 10.2 Å². The van der Waals surface area contributed by atoms with E-state index in [-0.39, 0.29) is 19.1 Å². The van der Waals surface area contributed by atoms with E-state index in [1.165, 1.54) is 12.8 Å². The van der Waals surface area contributed by atoms with Crippen LogP contribution in [0.1, 0.15) is 36.8 Å². The van der Waals surface area contributed by atoms with Crippen LogP contribution in [0.5, 0.6) is 11.5 Å². The third kappa shape index (κ3) is 4.98. The van der Waals surface area contributed by atoms with Crippen molar-refractivity contribution in [2.75, 3.05) is 52.5 Å². The summed E-state index contributed by atoms with van der Waals surface area (Å²) >= 11 is 0. The molecule has 4 rings (SSSR count). The molecule has 1 aromatic carbocycles. The summed E-state index contributed by atoms with van der Waals surface area (Å²) in [5.41, 5.74) is 4.96. The van der Waals surface area contributed by atoms with E-state index in [1.807, 2.05) is 23.6 Å². The summed E-state index contributed by atoms with van der Waals surface area (Å²) in [6.07, 6.45) is 3.10. The van der Waals surface area contributed by atoms with Crippen molar-refractivity contribution in [2.45, 2.75) is 39.7 Å². The minimum atomic E-state index is -0.238. The van der Waals surface area contributed by atoms with Crippen molar-refractivity contribution in [3.63, 3.8) is 0 Å². The molecular weight excluding hydrogens is 450 g/mol. The molecule has 192 valence electrons. The number of aromatic nitrogens is 2. The molecule has 0 amide bonds. The van der Waals surface area contributed by atoms with Gasteiger partial charge < -0.3 is 33.7 Å². The molecule has 1 fully saturated rings. The maximum Gasteiger partial charge on any atom is 0.246 e. The van der Waals surface area contributed by atoms with Crippen LogP contribution in [0, 0.1) is 18.8 Å². The highest BCUT2D eigenvalue weighted by Gasteiger charge is 2.32. The highest BCUT2D eigenvalue weighted by molar-refractivity contribution is 5.81. The summed E-state index contributed by atoms with van der Waals surface area (Å²) in [5, 5.41) is 24.5. The lowest BCUT2D eigenvalue weighted by atomic mass is 10.0. The number of aliphatic hydroxyl groups excluding tert-OH is 2. The van der Waals surface area contributed by atoms with Crippen molar-refractivity contribution in [2.24, 2.45) is 11.8 Å². The molecule has 0 atom stereocenters. The first kappa shape index (κ1) is 25.3. The first-order chi connectivity index (χ1) is 17.0. The Hall–Kier alpha value is -2.75. The lowest BCUT2D eigenvalue weighted by Gasteiger charge is -2.27. The Kier molecular flexibility index (Phi) is 7.88. The molecular formula is C26H37N3O6. The van der Waals surface area contributed by atoms with E-state index < -0.39 is 0 Å². The first-order valence-electron chi connectivity index (χ1n) is 12.2. The van der Waals surface area contributed by atoms with Gasteiger partial charge in [0.1, 0.15) is 28.6 Å². The van der Waals surface area contributed by atoms with E-state index >= 15 is 0 Å². The monoisotopic (exact) mass is 487 g/mol. The summed E-state index contributed by atoms with van der Waals surface area (Å²) in [5.74, 6) is 2.36. The lowest BCUT2D eigenvalue weighted by Crippen LogP contribution is -2.34. The van der Waals surface area contributed by atoms with Gasteiger partial charge in [-0.15, -0.1) is 0 Å². The summed E-state index contributed by atoms with van der Waals surface area (Å²) in [7, 11) is 4.92. The van der Waals surface area contributed by atoms with Crippen LogP contribution in [0.25, 0.3) is 17.0 Å². The fourth-order valence-electron chi connectivity index (χ4n) is 4.66. The molecule has 2 N–H and O–H groups in total. The van der Waals surface area contributed by atoms with Crippen LogP contribution in [0.15, 0.2) is 16.5 Å². The van der Waals surface area contributed by atoms with Gasteiger partial charge in [0.25, 0.3) is 0 Å². The Morgan fingerprint density at radius 2 is 1.80 bits per heavy atom. The number of ether oxygens (including phenoxy) is 3. The number of benzene rings is 1. The number of anilines is 1. The average molecular weight is 488 g/mol. The van der Waals surface area contributed by atoms with Crippen LogP contribution < -0.4 is 14.4 Å². The number of fused-ring (bicyclic) bond motifs is 1. The van der Waals surface area contributed by atoms with E-state index in [0.717, 1.165) is 41.2 Å². The predicted octanol–water partition coefficient (Wildman–Crippen LogP) is 3.45. The van der Waals surface area contributed by atoms with Gasteiger partial charge in [-0.25, -0.2) is 0 Å². The van der Waals surface area contributed by atoms with Crippen LogP contribution in [-0.4, -0.2) is 67.5 Å². The molecule has 3 aromatic rings. The van der Waals surface area contributed by atoms with Crippen LogP contribution in [0.2, 0.25) is 0 Å². The van der Waals surface area contributed by atoms with E-state index in [4.69, 9.17) is 23.7 Å². The fourth-order valence-corrected chi connectivity index (χ4v) is 4.66. The second-order valence-corrected chi connectivity index (χ2v) is 9.26. The van der Waals surface area contributed by atoms with Gasteiger partial charge in [0, 0.05) is 39.3 Å². The first-order valence-corrected chi connectivity index (χ1v) is 12.2. The van der Waals surface area contributed by atoms with E-state index in [2.05, 4.69) is 11.8 Å². The molecule has 0 aliphatic heterocycles. The highest BCUT2D eigenvalue weighted by atomic mass is 16.5. The number of aryl methyl sites for hydroxylation is 2. The van der Waals surface area contributed by atoms with Gasteiger partial charge in [0.05, 0.1) is 32.1 Å². The third-order valence-corrected chi connectivity index (χ3v) is 6.62. The zero-order valence-electron chi connectivity index (χ0n) is 21.3. The minimum Gasteiger partial charge on any atom is -0.496 e. The molecule has 0 unspecified atom stereocenters. The minimum absolute atomic E-state index is 0.0752. The second-order valence-electron chi connectivity index (χ2n) is 9.26. The van der Waals surface area contributed by atoms with Gasteiger partial charge in [-0.3, -0.25) is 0 Å². The van der Waals surface area contributed by atoms with Crippen molar-refractivity contribution >= 4 is 11.4 Å². The fraction of sp³-hybridized carbons (Fsp3) is 0.577. The summed E-state index contributed by atoms with van der Waals surface area (Å²) in [4.78, 5) is 2.23. The maximum atomic E-state index is 9.77. The number of hydrogen-bond donors (Lipinski definition) is 2. The second kappa shape index (κ2) is 10.9. The van der Waals surface area contributed by atoms with Crippen molar-refractivity contribution in [3.8, 4) is 22.8 Å². The highest BCUT2D eigenvalue weighted by Crippen LogP contribution is 2.44. The Morgan fingerprint density at radius 1 is 1.14 bits per heavy atom. The van der Waals surface area contributed by atoms with Crippen molar-refractivity contribution in [3.05, 3.63) is 29.2 Å². The van der Waals surface area contributed by atoms with Crippen molar-refractivity contribution in [1.82, 2.24) is 9.61 Å². The van der Waals surface area contributed by atoms with Gasteiger partial charge >= 0.3 is 0 Å². The third-order valence-electron chi connectivity index (χ3n) is 6.62. The molecule has 35 heavy (non-hydrogen) atoms. The molecule has 0 spiro atoms. The van der Waals surface area contributed by atoms with Gasteiger partial charge in [-0.1, -0.05) is 6.92 Å². The van der Waals surface area contributed by atoms with Gasteiger partial charge in [0.15, 0.2) is 0 Å². The number of oxazole rings is 1. The Balaban J connectivity index is 1.89. The topological polar surface area (TPSA) is 102 Å². The molecule has 1 aliphatic rings.